The molecule has 2 aliphatic heterocycles. The molecule has 4 nitrogen and oxygen atoms in total. The summed E-state index contributed by atoms with van der Waals surface area (Å²) >= 11 is 2.05. The van der Waals surface area contributed by atoms with Crippen LogP contribution in [0.2, 0.25) is 0 Å². The van der Waals surface area contributed by atoms with Crippen molar-refractivity contribution < 1.29 is 0 Å². The highest BCUT2D eigenvalue weighted by Gasteiger charge is 2.42. The Balaban J connectivity index is 2.02. The Morgan fingerprint density at radius 2 is 2.38 bits per heavy atom. The lowest BCUT2D eigenvalue weighted by Gasteiger charge is -2.42. The van der Waals surface area contributed by atoms with Gasteiger partial charge in [-0.2, -0.15) is 11.8 Å². The fourth-order valence-electron chi connectivity index (χ4n) is 2.47. The van der Waals surface area contributed by atoms with Gasteiger partial charge >= 0.3 is 0 Å². The van der Waals surface area contributed by atoms with E-state index in [0.717, 1.165) is 25.6 Å². The first kappa shape index (κ1) is 12.0. The quantitative estimate of drug-likeness (QED) is 0.780. The first-order valence-corrected chi connectivity index (χ1v) is 7.10. The van der Waals surface area contributed by atoms with Gasteiger partial charge in [0, 0.05) is 18.8 Å². The summed E-state index contributed by atoms with van der Waals surface area (Å²) in [5, 5.41) is 0. The Morgan fingerprint density at radius 3 is 3.00 bits per heavy atom. The van der Waals surface area contributed by atoms with Crippen molar-refractivity contribution >= 4 is 17.7 Å². The molecule has 0 saturated carbocycles. The van der Waals surface area contributed by atoms with E-state index >= 15 is 0 Å². The van der Waals surface area contributed by atoms with Crippen LogP contribution in [0.3, 0.4) is 0 Å². The Bertz CT molecular complexity index is 271. The maximum absolute atomic E-state index is 6.02. The molecule has 1 unspecified atom stereocenters. The molecule has 92 valence electrons. The molecule has 5 heteroatoms. The molecule has 1 fully saturated rings. The first-order valence-electron chi connectivity index (χ1n) is 5.94. The predicted octanol–water partition coefficient (Wildman–Crippen LogP) is 0.444. The molecule has 2 aliphatic rings. The zero-order valence-corrected chi connectivity index (χ0v) is 11.1. The second-order valence-electron chi connectivity index (χ2n) is 5.01. The Hall–Kier alpha value is -0.420. The van der Waals surface area contributed by atoms with Crippen LogP contribution in [0.25, 0.3) is 0 Å². The van der Waals surface area contributed by atoms with E-state index in [0.29, 0.717) is 0 Å². The molecule has 1 spiro atoms. The molecule has 0 radical (unpaired) electrons. The van der Waals surface area contributed by atoms with Crippen molar-refractivity contribution in [3.05, 3.63) is 0 Å². The van der Waals surface area contributed by atoms with Crippen LogP contribution in [0, 0.1) is 0 Å². The maximum atomic E-state index is 6.02. The van der Waals surface area contributed by atoms with Gasteiger partial charge < -0.3 is 15.5 Å². The smallest absolute Gasteiger partial charge is 0.191 e. The van der Waals surface area contributed by atoms with E-state index in [9.17, 15) is 0 Å². The zero-order chi connectivity index (χ0) is 11.6. The van der Waals surface area contributed by atoms with E-state index in [1.165, 1.54) is 24.3 Å². The van der Waals surface area contributed by atoms with Crippen molar-refractivity contribution in [2.45, 2.75) is 18.4 Å². The lowest BCUT2D eigenvalue weighted by molar-refractivity contribution is 0.192. The topological polar surface area (TPSA) is 44.9 Å². The van der Waals surface area contributed by atoms with Crippen molar-refractivity contribution in [2.24, 2.45) is 10.7 Å². The Morgan fingerprint density at radius 1 is 1.56 bits per heavy atom. The van der Waals surface area contributed by atoms with Gasteiger partial charge in [-0.05, 0) is 32.7 Å². The summed E-state index contributed by atoms with van der Waals surface area (Å²) in [6.07, 6.45) is 2.55. The van der Waals surface area contributed by atoms with Gasteiger partial charge in [0.05, 0.1) is 12.1 Å². The fourth-order valence-corrected chi connectivity index (χ4v) is 3.73. The number of hydrogen-bond donors (Lipinski definition) is 1. The monoisotopic (exact) mass is 242 g/mol. The van der Waals surface area contributed by atoms with Crippen LogP contribution in [0.5, 0.6) is 0 Å². The van der Waals surface area contributed by atoms with Crippen LogP contribution in [0.4, 0.5) is 0 Å². The number of nitrogens with zero attached hydrogens (tertiary/aromatic N) is 3. The van der Waals surface area contributed by atoms with Crippen LogP contribution in [0.15, 0.2) is 4.99 Å². The summed E-state index contributed by atoms with van der Waals surface area (Å²) in [6.45, 7) is 2.95. The molecular weight excluding hydrogens is 220 g/mol. The van der Waals surface area contributed by atoms with Gasteiger partial charge in [0.25, 0.3) is 0 Å². The van der Waals surface area contributed by atoms with E-state index in [4.69, 9.17) is 5.73 Å². The molecule has 2 rings (SSSR count). The molecule has 1 atom stereocenters. The minimum Gasteiger partial charge on any atom is -0.370 e. The molecule has 0 amide bonds. The molecule has 1 saturated heterocycles. The summed E-state index contributed by atoms with van der Waals surface area (Å²) in [4.78, 5) is 9.01. The molecule has 2 heterocycles. The van der Waals surface area contributed by atoms with Crippen molar-refractivity contribution in [2.75, 3.05) is 45.2 Å². The summed E-state index contributed by atoms with van der Waals surface area (Å²) < 4.78 is 0. The molecule has 0 aromatic carbocycles. The average Bonchev–Trinajstić information content (AvgIpc) is 2.55. The summed E-state index contributed by atoms with van der Waals surface area (Å²) in [5.41, 5.74) is 6.26. The molecular formula is C11H22N4S. The molecule has 0 aliphatic carbocycles. The van der Waals surface area contributed by atoms with Crippen LogP contribution >= 0.6 is 11.8 Å². The first-order chi connectivity index (χ1) is 7.64. The van der Waals surface area contributed by atoms with Crippen LogP contribution in [-0.2, 0) is 0 Å². The van der Waals surface area contributed by atoms with E-state index < -0.39 is 0 Å². The van der Waals surface area contributed by atoms with Crippen LogP contribution < -0.4 is 5.73 Å². The third kappa shape index (κ3) is 2.30. The largest absolute Gasteiger partial charge is 0.370 e. The second kappa shape index (κ2) is 4.84. The lowest BCUT2D eigenvalue weighted by Crippen LogP contribution is -2.56. The van der Waals surface area contributed by atoms with Gasteiger partial charge in [-0.15, -0.1) is 0 Å². The predicted molar refractivity (Wildman–Crippen MR) is 71.0 cm³/mol. The highest BCUT2D eigenvalue weighted by Crippen LogP contribution is 2.35. The normalized spacial score (nSPS) is 30.2. The minimum atomic E-state index is 0.239. The number of thioether (sulfide) groups is 1. The summed E-state index contributed by atoms with van der Waals surface area (Å²) in [6, 6.07) is 0. The summed E-state index contributed by atoms with van der Waals surface area (Å²) in [5.74, 6) is 3.23. The third-order valence-electron chi connectivity index (χ3n) is 3.46. The SMILES string of the molecule is CN(C)CCN1C(N)=NCC12CCCSC2. The fraction of sp³-hybridized carbons (Fsp3) is 0.909. The highest BCUT2D eigenvalue weighted by molar-refractivity contribution is 7.99. The Kier molecular flexibility index (Phi) is 3.64. The second-order valence-corrected chi connectivity index (χ2v) is 6.11. The lowest BCUT2D eigenvalue weighted by atomic mass is 9.94. The van der Waals surface area contributed by atoms with Gasteiger partial charge in [0.2, 0.25) is 0 Å². The number of hydrogen-bond acceptors (Lipinski definition) is 5. The van der Waals surface area contributed by atoms with Crippen molar-refractivity contribution in [3.63, 3.8) is 0 Å². The van der Waals surface area contributed by atoms with Crippen molar-refractivity contribution in [3.8, 4) is 0 Å². The zero-order valence-electron chi connectivity index (χ0n) is 10.3. The third-order valence-corrected chi connectivity index (χ3v) is 4.78. The van der Waals surface area contributed by atoms with Gasteiger partial charge in [0.1, 0.15) is 0 Å². The summed E-state index contributed by atoms with van der Waals surface area (Å²) in [7, 11) is 4.21. The number of guanidine groups is 1. The standard InChI is InChI=1S/C11H22N4S/c1-14(2)5-6-15-10(12)13-8-11(15)4-3-7-16-9-11/h3-9H2,1-2H3,(H2,12,13). The van der Waals surface area contributed by atoms with Crippen LogP contribution in [-0.4, -0.2) is 66.5 Å². The average molecular weight is 242 g/mol. The van der Waals surface area contributed by atoms with Crippen molar-refractivity contribution in [1.29, 1.82) is 0 Å². The Labute approximate surface area is 102 Å². The molecule has 2 N–H and O–H groups in total. The van der Waals surface area contributed by atoms with E-state index in [1.807, 2.05) is 11.8 Å². The molecule has 16 heavy (non-hydrogen) atoms. The van der Waals surface area contributed by atoms with E-state index in [-0.39, 0.29) is 5.54 Å². The number of nitrogens with two attached hydrogens (primary N) is 1. The molecule has 0 aromatic rings. The maximum Gasteiger partial charge on any atom is 0.191 e. The van der Waals surface area contributed by atoms with Gasteiger partial charge in [-0.1, -0.05) is 0 Å². The molecule has 0 bridgehead atoms. The number of rotatable bonds is 3. The number of likely N-dealkylation sites (N-methyl/N-ethyl adjacent to an activating group) is 1. The minimum absolute atomic E-state index is 0.239. The van der Waals surface area contributed by atoms with E-state index in [2.05, 4.69) is 28.9 Å². The highest BCUT2D eigenvalue weighted by atomic mass is 32.2. The van der Waals surface area contributed by atoms with Crippen LogP contribution in [0.1, 0.15) is 12.8 Å². The number of aliphatic imine (C=N–C) groups is 1. The van der Waals surface area contributed by atoms with Crippen molar-refractivity contribution in [1.82, 2.24) is 9.80 Å². The molecule has 0 aromatic heterocycles. The van der Waals surface area contributed by atoms with Gasteiger partial charge in [0.15, 0.2) is 5.96 Å². The van der Waals surface area contributed by atoms with Gasteiger partial charge in [-0.3, -0.25) is 4.99 Å². The van der Waals surface area contributed by atoms with Gasteiger partial charge in [-0.25, -0.2) is 0 Å². The van der Waals surface area contributed by atoms with E-state index in [1.54, 1.807) is 0 Å².